The standard InChI is InChI=1S/C15H18BrNO6/c1-21-12-6-9(5-11(16)14(12)22-2)15(20)17-3-4-23-8-10(17)7-13(18)19/h5-6,10H,3-4,7-8H2,1-2H3,(H,18,19). The number of carboxylic acid groups (broad SMARTS) is 1. The summed E-state index contributed by atoms with van der Waals surface area (Å²) in [5, 5.41) is 8.99. The number of methoxy groups -OCH3 is 2. The van der Waals surface area contributed by atoms with Crippen LogP contribution in [0.5, 0.6) is 11.5 Å². The van der Waals surface area contributed by atoms with Gasteiger partial charge in [0.1, 0.15) is 0 Å². The minimum atomic E-state index is -0.966. The summed E-state index contributed by atoms with van der Waals surface area (Å²) in [7, 11) is 3.00. The fourth-order valence-corrected chi connectivity index (χ4v) is 3.10. The molecule has 0 radical (unpaired) electrons. The van der Waals surface area contributed by atoms with E-state index in [-0.39, 0.29) is 18.9 Å². The van der Waals surface area contributed by atoms with Crippen LogP contribution in [0.3, 0.4) is 0 Å². The van der Waals surface area contributed by atoms with Crippen molar-refractivity contribution in [2.75, 3.05) is 34.0 Å². The first-order valence-electron chi connectivity index (χ1n) is 7.00. The molecule has 0 bridgehead atoms. The van der Waals surface area contributed by atoms with Crippen LogP contribution in [0, 0.1) is 0 Å². The molecule has 1 atom stereocenters. The van der Waals surface area contributed by atoms with Crippen molar-refractivity contribution in [3.05, 3.63) is 22.2 Å². The minimum absolute atomic E-state index is 0.153. The highest BCUT2D eigenvalue weighted by molar-refractivity contribution is 9.10. The fraction of sp³-hybridized carbons (Fsp3) is 0.467. The van der Waals surface area contributed by atoms with Gasteiger partial charge in [-0.15, -0.1) is 0 Å². The summed E-state index contributed by atoms with van der Waals surface area (Å²) in [5.74, 6) is -0.311. The molecule has 1 aromatic rings. The van der Waals surface area contributed by atoms with Crippen LogP contribution in [0.4, 0.5) is 0 Å². The predicted molar refractivity (Wildman–Crippen MR) is 85.1 cm³/mol. The minimum Gasteiger partial charge on any atom is -0.493 e. The molecule has 2 rings (SSSR count). The van der Waals surface area contributed by atoms with Gasteiger partial charge in [0, 0.05) is 12.1 Å². The average Bonchev–Trinajstić information content (AvgIpc) is 2.53. The van der Waals surface area contributed by atoms with Crippen LogP contribution in [0.1, 0.15) is 16.8 Å². The Balaban J connectivity index is 2.31. The number of halogens is 1. The number of benzene rings is 1. The number of carbonyl (C=O) groups is 2. The molecule has 0 aliphatic carbocycles. The van der Waals surface area contributed by atoms with Gasteiger partial charge in [-0.05, 0) is 28.1 Å². The molecular weight excluding hydrogens is 370 g/mol. The molecule has 1 aromatic carbocycles. The van der Waals surface area contributed by atoms with Crippen molar-refractivity contribution in [2.45, 2.75) is 12.5 Å². The van der Waals surface area contributed by atoms with E-state index in [2.05, 4.69) is 15.9 Å². The highest BCUT2D eigenvalue weighted by Gasteiger charge is 2.30. The summed E-state index contributed by atoms with van der Waals surface area (Å²) in [6.45, 7) is 0.950. The van der Waals surface area contributed by atoms with Gasteiger partial charge < -0.3 is 24.2 Å². The van der Waals surface area contributed by atoms with Crippen LogP contribution < -0.4 is 9.47 Å². The second-order valence-corrected chi connectivity index (χ2v) is 5.87. The molecule has 0 aromatic heterocycles. The van der Waals surface area contributed by atoms with Gasteiger partial charge in [-0.1, -0.05) is 0 Å². The van der Waals surface area contributed by atoms with E-state index in [0.29, 0.717) is 34.7 Å². The van der Waals surface area contributed by atoms with Crippen molar-refractivity contribution in [1.29, 1.82) is 0 Å². The number of hydrogen-bond acceptors (Lipinski definition) is 5. The van der Waals surface area contributed by atoms with E-state index >= 15 is 0 Å². The number of carbonyl (C=O) groups excluding carboxylic acids is 1. The summed E-state index contributed by atoms with van der Waals surface area (Å²) in [5.41, 5.74) is 0.395. The third kappa shape index (κ3) is 3.94. The quantitative estimate of drug-likeness (QED) is 0.828. The molecule has 0 saturated carbocycles. The van der Waals surface area contributed by atoms with Crippen molar-refractivity contribution >= 4 is 27.8 Å². The van der Waals surface area contributed by atoms with Crippen molar-refractivity contribution in [3.8, 4) is 11.5 Å². The summed E-state index contributed by atoms with van der Waals surface area (Å²) >= 11 is 3.35. The van der Waals surface area contributed by atoms with Crippen LogP contribution in [-0.4, -0.2) is 61.9 Å². The van der Waals surface area contributed by atoms with Gasteiger partial charge in [-0.3, -0.25) is 9.59 Å². The van der Waals surface area contributed by atoms with Gasteiger partial charge in [0.2, 0.25) is 0 Å². The normalized spacial score (nSPS) is 17.7. The number of rotatable bonds is 5. The topological polar surface area (TPSA) is 85.3 Å². The molecule has 1 heterocycles. The molecule has 126 valence electrons. The number of ether oxygens (including phenoxy) is 3. The second kappa shape index (κ2) is 7.65. The lowest BCUT2D eigenvalue weighted by Crippen LogP contribution is -2.49. The molecule has 23 heavy (non-hydrogen) atoms. The molecule has 1 aliphatic heterocycles. The molecule has 1 fully saturated rings. The van der Waals surface area contributed by atoms with Crippen molar-refractivity contribution < 1.29 is 28.9 Å². The molecule has 1 saturated heterocycles. The Labute approximate surface area is 142 Å². The molecule has 1 amide bonds. The van der Waals surface area contributed by atoms with Crippen LogP contribution in [0.2, 0.25) is 0 Å². The summed E-state index contributed by atoms with van der Waals surface area (Å²) in [6.07, 6.45) is -0.153. The van der Waals surface area contributed by atoms with Gasteiger partial charge in [0.05, 0.1) is 44.4 Å². The zero-order valence-corrected chi connectivity index (χ0v) is 14.5. The zero-order chi connectivity index (χ0) is 17.0. The van der Waals surface area contributed by atoms with Crippen LogP contribution in [0.15, 0.2) is 16.6 Å². The Morgan fingerprint density at radius 1 is 1.39 bits per heavy atom. The smallest absolute Gasteiger partial charge is 0.305 e. The number of morpholine rings is 1. The third-order valence-electron chi connectivity index (χ3n) is 3.58. The number of aliphatic carboxylic acids is 1. The van der Waals surface area contributed by atoms with Crippen molar-refractivity contribution in [1.82, 2.24) is 4.90 Å². The van der Waals surface area contributed by atoms with Gasteiger partial charge in [-0.25, -0.2) is 0 Å². The van der Waals surface area contributed by atoms with Crippen LogP contribution in [-0.2, 0) is 9.53 Å². The maximum atomic E-state index is 12.8. The lowest BCUT2D eigenvalue weighted by atomic mass is 10.1. The highest BCUT2D eigenvalue weighted by atomic mass is 79.9. The van der Waals surface area contributed by atoms with E-state index in [1.54, 1.807) is 12.1 Å². The Morgan fingerprint density at radius 2 is 2.13 bits per heavy atom. The number of amides is 1. The Morgan fingerprint density at radius 3 is 2.74 bits per heavy atom. The number of hydrogen-bond donors (Lipinski definition) is 1. The van der Waals surface area contributed by atoms with E-state index in [9.17, 15) is 9.59 Å². The fourth-order valence-electron chi connectivity index (χ4n) is 2.50. The third-order valence-corrected chi connectivity index (χ3v) is 4.17. The zero-order valence-electron chi connectivity index (χ0n) is 12.9. The van der Waals surface area contributed by atoms with E-state index in [1.165, 1.54) is 19.1 Å². The van der Waals surface area contributed by atoms with E-state index in [1.807, 2.05) is 0 Å². The second-order valence-electron chi connectivity index (χ2n) is 5.02. The van der Waals surface area contributed by atoms with Crippen molar-refractivity contribution in [3.63, 3.8) is 0 Å². The number of nitrogens with zero attached hydrogens (tertiary/aromatic N) is 1. The summed E-state index contributed by atoms with van der Waals surface area (Å²) < 4.78 is 16.4. The van der Waals surface area contributed by atoms with Gasteiger partial charge in [0.15, 0.2) is 11.5 Å². The molecular formula is C15H18BrNO6. The van der Waals surface area contributed by atoms with Gasteiger partial charge in [-0.2, -0.15) is 0 Å². The molecule has 1 unspecified atom stereocenters. The van der Waals surface area contributed by atoms with Crippen LogP contribution in [0.25, 0.3) is 0 Å². The molecule has 0 spiro atoms. The lowest BCUT2D eigenvalue weighted by Gasteiger charge is -2.35. The van der Waals surface area contributed by atoms with E-state index < -0.39 is 12.0 Å². The Bertz CT molecular complexity index is 606. The first-order chi connectivity index (χ1) is 11.0. The molecule has 1 aliphatic rings. The molecule has 1 N–H and O–H groups in total. The van der Waals surface area contributed by atoms with Gasteiger partial charge in [0.25, 0.3) is 5.91 Å². The Hall–Kier alpha value is -1.80. The number of carboxylic acids is 1. The average molecular weight is 388 g/mol. The predicted octanol–water partition coefficient (Wildman–Crippen LogP) is 1.78. The van der Waals surface area contributed by atoms with Gasteiger partial charge >= 0.3 is 5.97 Å². The maximum absolute atomic E-state index is 12.8. The summed E-state index contributed by atoms with van der Waals surface area (Å²) in [4.78, 5) is 25.3. The van der Waals surface area contributed by atoms with E-state index in [0.717, 1.165) is 0 Å². The van der Waals surface area contributed by atoms with Crippen molar-refractivity contribution in [2.24, 2.45) is 0 Å². The largest absolute Gasteiger partial charge is 0.493 e. The maximum Gasteiger partial charge on any atom is 0.305 e. The monoisotopic (exact) mass is 387 g/mol. The first-order valence-corrected chi connectivity index (χ1v) is 7.79. The summed E-state index contributed by atoms with van der Waals surface area (Å²) in [6, 6.07) is 2.73. The lowest BCUT2D eigenvalue weighted by molar-refractivity contribution is -0.139. The first kappa shape index (κ1) is 17.6. The Kier molecular flexibility index (Phi) is 5.84. The molecule has 8 heteroatoms. The van der Waals surface area contributed by atoms with Crippen LogP contribution >= 0.6 is 15.9 Å². The van der Waals surface area contributed by atoms with E-state index in [4.69, 9.17) is 19.3 Å². The SMILES string of the molecule is COc1cc(C(=O)N2CCOCC2CC(=O)O)cc(Br)c1OC. The molecule has 7 nitrogen and oxygen atoms in total. The highest BCUT2D eigenvalue weighted by Crippen LogP contribution is 2.36.